The zero-order valence-corrected chi connectivity index (χ0v) is 11.7. The first kappa shape index (κ1) is 11.8. The highest BCUT2D eigenvalue weighted by Gasteiger charge is 2.54. The van der Waals surface area contributed by atoms with Gasteiger partial charge in [-0.05, 0) is 79.7 Å². The van der Waals surface area contributed by atoms with Crippen molar-refractivity contribution in [3.63, 3.8) is 0 Å². The van der Waals surface area contributed by atoms with Crippen molar-refractivity contribution in [1.29, 1.82) is 0 Å². The van der Waals surface area contributed by atoms with E-state index in [1.807, 2.05) is 0 Å². The SMILES string of the molecule is COc1ccc2c(c1)CC1(CC2)CC1CNC1CC1. The summed E-state index contributed by atoms with van der Waals surface area (Å²) in [6.07, 6.45) is 8.17. The van der Waals surface area contributed by atoms with Crippen molar-refractivity contribution in [3.8, 4) is 5.75 Å². The van der Waals surface area contributed by atoms with E-state index in [4.69, 9.17) is 4.74 Å². The van der Waals surface area contributed by atoms with E-state index >= 15 is 0 Å². The molecule has 0 aromatic heterocycles. The van der Waals surface area contributed by atoms with E-state index in [2.05, 4.69) is 23.5 Å². The van der Waals surface area contributed by atoms with Crippen LogP contribution in [0.25, 0.3) is 0 Å². The molecule has 2 nitrogen and oxygen atoms in total. The number of fused-ring (bicyclic) bond motifs is 1. The fraction of sp³-hybridized carbons (Fsp3) is 0.647. The van der Waals surface area contributed by atoms with Gasteiger partial charge in [0.25, 0.3) is 0 Å². The minimum atomic E-state index is 0.626. The van der Waals surface area contributed by atoms with Crippen LogP contribution in [0.15, 0.2) is 18.2 Å². The number of methoxy groups -OCH3 is 1. The highest BCUT2D eigenvalue weighted by atomic mass is 16.5. The Balaban J connectivity index is 1.46. The first-order valence-electron chi connectivity index (χ1n) is 7.68. The largest absolute Gasteiger partial charge is 0.497 e. The van der Waals surface area contributed by atoms with Gasteiger partial charge in [-0.3, -0.25) is 0 Å². The standard InChI is InChI=1S/C17H23NO/c1-19-16-5-2-12-6-7-17(9-13(12)8-16)10-14(17)11-18-15-3-4-15/h2,5,8,14-15,18H,3-4,6-7,9-11H2,1H3. The van der Waals surface area contributed by atoms with E-state index in [0.29, 0.717) is 5.41 Å². The molecule has 0 bridgehead atoms. The van der Waals surface area contributed by atoms with Gasteiger partial charge in [0.1, 0.15) is 5.75 Å². The van der Waals surface area contributed by atoms with Crippen LogP contribution in [0, 0.1) is 11.3 Å². The van der Waals surface area contributed by atoms with Gasteiger partial charge in [-0.1, -0.05) is 6.07 Å². The molecule has 0 radical (unpaired) electrons. The van der Waals surface area contributed by atoms with Crippen molar-refractivity contribution < 1.29 is 4.74 Å². The summed E-state index contributed by atoms with van der Waals surface area (Å²) < 4.78 is 5.37. The maximum atomic E-state index is 5.37. The third-order valence-electron chi connectivity index (χ3n) is 5.44. The molecule has 2 saturated carbocycles. The molecule has 1 aromatic carbocycles. The van der Waals surface area contributed by atoms with Crippen molar-refractivity contribution in [2.24, 2.45) is 11.3 Å². The molecule has 2 unspecified atom stereocenters. The molecule has 1 aromatic rings. The molecule has 3 aliphatic carbocycles. The lowest BCUT2D eigenvalue weighted by Crippen LogP contribution is -2.24. The van der Waals surface area contributed by atoms with Gasteiger partial charge in [-0.15, -0.1) is 0 Å². The first-order valence-corrected chi connectivity index (χ1v) is 7.68. The lowest BCUT2D eigenvalue weighted by molar-refractivity contribution is 0.379. The predicted octanol–water partition coefficient (Wildman–Crippen LogP) is 2.94. The topological polar surface area (TPSA) is 21.3 Å². The van der Waals surface area contributed by atoms with E-state index in [-0.39, 0.29) is 0 Å². The zero-order chi connectivity index (χ0) is 12.9. The molecule has 1 N–H and O–H groups in total. The third kappa shape index (κ3) is 2.16. The third-order valence-corrected chi connectivity index (χ3v) is 5.44. The van der Waals surface area contributed by atoms with Gasteiger partial charge in [-0.2, -0.15) is 0 Å². The van der Waals surface area contributed by atoms with Crippen LogP contribution in [0.5, 0.6) is 5.75 Å². The van der Waals surface area contributed by atoms with Crippen LogP contribution in [-0.4, -0.2) is 19.7 Å². The van der Waals surface area contributed by atoms with Gasteiger partial charge in [-0.25, -0.2) is 0 Å². The Morgan fingerprint density at radius 2 is 2.21 bits per heavy atom. The molecule has 0 aliphatic heterocycles. The average Bonchev–Trinajstić information content (AvgIpc) is 3.33. The number of benzene rings is 1. The first-order chi connectivity index (χ1) is 9.29. The van der Waals surface area contributed by atoms with Crippen molar-refractivity contribution in [1.82, 2.24) is 5.32 Å². The molecule has 2 heteroatoms. The molecule has 2 fully saturated rings. The number of rotatable bonds is 4. The molecule has 19 heavy (non-hydrogen) atoms. The van der Waals surface area contributed by atoms with Gasteiger partial charge in [0, 0.05) is 6.04 Å². The lowest BCUT2D eigenvalue weighted by atomic mass is 9.80. The number of ether oxygens (including phenoxy) is 1. The zero-order valence-electron chi connectivity index (χ0n) is 11.7. The fourth-order valence-corrected chi connectivity index (χ4v) is 3.83. The summed E-state index contributed by atoms with van der Waals surface area (Å²) in [4.78, 5) is 0. The van der Waals surface area contributed by atoms with Gasteiger partial charge in [0.05, 0.1) is 7.11 Å². The summed E-state index contributed by atoms with van der Waals surface area (Å²) in [5.74, 6) is 1.94. The smallest absolute Gasteiger partial charge is 0.119 e. The quantitative estimate of drug-likeness (QED) is 0.895. The Morgan fingerprint density at radius 3 is 3.00 bits per heavy atom. The highest BCUT2D eigenvalue weighted by molar-refractivity contribution is 5.39. The molecule has 2 atom stereocenters. The second-order valence-electron chi connectivity index (χ2n) is 6.76. The number of hydrogen-bond acceptors (Lipinski definition) is 2. The summed E-state index contributed by atoms with van der Waals surface area (Å²) in [6.45, 7) is 1.25. The molecular weight excluding hydrogens is 234 g/mol. The van der Waals surface area contributed by atoms with Crippen LogP contribution in [0.3, 0.4) is 0 Å². The summed E-state index contributed by atoms with van der Waals surface area (Å²) in [5.41, 5.74) is 3.72. The summed E-state index contributed by atoms with van der Waals surface area (Å²) in [7, 11) is 1.76. The Morgan fingerprint density at radius 1 is 1.32 bits per heavy atom. The molecule has 0 heterocycles. The Hall–Kier alpha value is -1.02. The van der Waals surface area contributed by atoms with Crippen LogP contribution in [0.1, 0.15) is 36.8 Å². The van der Waals surface area contributed by atoms with Gasteiger partial charge in [0.2, 0.25) is 0 Å². The Labute approximate surface area is 115 Å². The number of nitrogens with one attached hydrogen (secondary N) is 1. The normalized spacial score (nSPS) is 32.2. The Bertz CT molecular complexity index is 494. The van der Waals surface area contributed by atoms with Crippen LogP contribution in [0.2, 0.25) is 0 Å². The number of aryl methyl sites for hydroxylation is 1. The van der Waals surface area contributed by atoms with Crippen molar-refractivity contribution in [2.75, 3.05) is 13.7 Å². The highest BCUT2D eigenvalue weighted by Crippen LogP contribution is 2.59. The summed E-state index contributed by atoms with van der Waals surface area (Å²) in [6, 6.07) is 7.49. The van der Waals surface area contributed by atoms with Crippen molar-refractivity contribution >= 4 is 0 Å². The van der Waals surface area contributed by atoms with Gasteiger partial charge in [0.15, 0.2) is 0 Å². The molecular formula is C17H23NO. The Kier molecular flexibility index (Phi) is 2.63. The lowest BCUT2D eigenvalue weighted by Gasteiger charge is -2.26. The van der Waals surface area contributed by atoms with E-state index in [9.17, 15) is 0 Å². The molecule has 3 aliphatic rings. The minimum Gasteiger partial charge on any atom is -0.497 e. The van der Waals surface area contributed by atoms with E-state index < -0.39 is 0 Å². The molecule has 0 amide bonds. The average molecular weight is 257 g/mol. The molecule has 102 valence electrons. The van der Waals surface area contributed by atoms with E-state index in [1.54, 1.807) is 18.2 Å². The van der Waals surface area contributed by atoms with E-state index in [1.165, 1.54) is 45.1 Å². The maximum absolute atomic E-state index is 5.37. The van der Waals surface area contributed by atoms with Crippen molar-refractivity contribution in [3.05, 3.63) is 29.3 Å². The number of hydrogen-bond donors (Lipinski definition) is 1. The summed E-state index contributed by atoms with van der Waals surface area (Å²) in [5, 5.41) is 3.71. The van der Waals surface area contributed by atoms with Crippen LogP contribution >= 0.6 is 0 Å². The summed E-state index contributed by atoms with van der Waals surface area (Å²) >= 11 is 0. The molecule has 4 rings (SSSR count). The van der Waals surface area contributed by atoms with Gasteiger partial charge >= 0.3 is 0 Å². The second kappa shape index (κ2) is 4.24. The molecule has 1 spiro atoms. The minimum absolute atomic E-state index is 0.626. The van der Waals surface area contributed by atoms with Gasteiger partial charge < -0.3 is 10.1 Å². The second-order valence-corrected chi connectivity index (χ2v) is 6.76. The fourth-order valence-electron chi connectivity index (χ4n) is 3.83. The maximum Gasteiger partial charge on any atom is 0.119 e. The molecule has 0 saturated heterocycles. The van der Waals surface area contributed by atoms with E-state index in [0.717, 1.165) is 17.7 Å². The van der Waals surface area contributed by atoms with Crippen LogP contribution in [-0.2, 0) is 12.8 Å². The van der Waals surface area contributed by atoms with Crippen LogP contribution in [0.4, 0.5) is 0 Å². The monoisotopic (exact) mass is 257 g/mol. The predicted molar refractivity (Wildman–Crippen MR) is 76.6 cm³/mol. The van der Waals surface area contributed by atoms with Crippen LogP contribution < -0.4 is 10.1 Å². The van der Waals surface area contributed by atoms with Crippen molar-refractivity contribution in [2.45, 2.75) is 44.6 Å².